The van der Waals surface area contributed by atoms with Crippen LogP contribution in [0.25, 0.3) is 10.9 Å². The van der Waals surface area contributed by atoms with Crippen molar-refractivity contribution in [1.29, 1.82) is 0 Å². The van der Waals surface area contributed by atoms with Gasteiger partial charge in [-0.05, 0) is 109 Å². The van der Waals surface area contributed by atoms with E-state index >= 15 is 4.79 Å². The number of benzene rings is 1. The molecule has 2 saturated carbocycles. The van der Waals surface area contributed by atoms with Crippen molar-refractivity contribution < 1.29 is 38.1 Å². The number of hydrogen-bond acceptors (Lipinski definition) is 6. The molecule has 1 saturated heterocycles. The molecule has 1 aromatic carbocycles. The number of methoxy groups -OCH3 is 1. The Balaban J connectivity index is 1.53. The van der Waals surface area contributed by atoms with E-state index in [-0.39, 0.29) is 35.5 Å². The molecule has 5 rings (SSSR count). The number of nitrogens with zero attached hydrogens (tertiary/aromatic N) is 2. The Bertz CT molecular complexity index is 1570. The first-order valence-corrected chi connectivity index (χ1v) is 18.2. The molecule has 2 unspecified atom stereocenters. The lowest BCUT2D eigenvalue weighted by Crippen LogP contribution is -2.61. The number of alkyl halides is 1. The molecule has 0 radical (unpaired) electrons. The molecule has 0 bridgehead atoms. The van der Waals surface area contributed by atoms with Crippen LogP contribution in [0.2, 0.25) is 0 Å². The van der Waals surface area contributed by atoms with Crippen molar-refractivity contribution >= 4 is 34.8 Å². The van der Waals surface area contributed by atoms with Gasteiger partial charge in [0.05, 0.1) is 18.2 Å². The number of nitrogens with one attached hydrogen (secondary N) is 1. The first-order valence-electron chi connectivity index (χ1n) is 18.2. The third kappa shape index (κ3) is 6.96. The zero-order valence-electron chi connectivity index (χ0n) is 30.4. The second-order valence-electron chi connectivity index (χ2n) is 15.6. The van der Waals surface area contributed by atoms with Crippen LogP contribution in [0.1, 0.15) is 114 Å². The summed E-state index contributed by atoms with van der Waals surface area (Å²) in [6.07, 6.45) is 5.32. The molecule has 3 fully saturated rings. The first kappa shape index (κ1) is 37.6. The van der Waals surface area contributed by atoms with E-state index in [0.717, 1.165) is 36.6 Å². The van der Waals surface area contributed by atoms with Crippen molar-refractivity contribution in [2.24, 2.45) is 36.5 Å². The Kier molecular flexibility index (Phi) is 11.2. The number of aromatic nitrogens is 1. The average Bonchev–Trinajstić information content (AvgIpc) is 3.59. The van der Waals surface area contributed by atoms with Gasteiger partial charge in [-0.3, -0.25) is 9.59 Å². The van der Waals surface area contributed by atoms with Crippen molar-refractivity contribution in [2.75, 3.05) is 13.8 Å². The highest BCUT2D eigenvalue weighted by Crippen LogP contribution is 2.56. The van der Waals surface area contributed by atoms with Gasteiger partial charge in [0.25, 0.3) is 0 Å². The lowest BCUT2D eigenvalue weighted by atomic mass is 9.68. The molecule has 11 nitrogen and oxygen atoms in total. The molecule has 1 aliphatic heterocycles. The number of aromatic carboxylic acids is 1. The lowest BCUT2D eigenvalue weighted by Gasteiger charge is -2.46. The fraction of sp³-hybridized carbons (Fsp3) is 0.684. The van der Waals surface area contributed by atoms with Crippen LogP contribution >= 0.6 is 0 Å². The van der Waals surface area contributed by atoms with Crippen molar-refractivity contribution in [3.8, 4) is 0 Å². The van der Waals surface area contributed by atoms with Crippen LogP contribution in [0, 0.1) is 23.7 Å². The van der Waals surface area contributed by atoms with Crippen LogP contribution < -0.4 is 11.1 Å². The van der Waals surface area contributed by atoms with E-state index in [2.05, 4.69) is 5.32 Å². The molecular formula is C38H55FN4O7. The Morgan fingerprint density at radius 1 is 1.06 bits per heavy atom. The Morgan fingerprint density at radius 3 is 2.24 bits per heavy atom. The summed E-state index contributed by atoms with van der Waals surface area (Å²) < 4.78 is 26.9. The number of carbonyl (C=O) groups is 4. The average molecular weight is 699 g/mol. The van der Waals surface area contributed by atoms with Gasteiger partial charge in [-0.15, -0.1) is 0 Å². The summed E-state index contributed by atoms with van der Waals surface area (Å²) >= 11 is 0. The van der Waals surface area contributed by atoms with E-state index < -0.39 is 53.8 Å². The minimum Gasteiger partial charge on any atom is -0.477 e. The molecule has 2 aromatic rings. The van der Waals surface area contributed by atoms with Gasteiger partial charge in [0.2, 0.25) is 11.8 Å². The number of aryl methyl sites for hydroxylation is 1. The topological polar surface area (TPSA) is 153 Å². The van der Waals surface area contributed by atoms with Crippen LogP contribution in [0.15, 0.2) is 24.3 Å². The van der Waals surface area contributed by atoms with Crippen molar-refractivity contribution in [3.05, 3.63) is 35.5 Å². The predicted octanol–water partition coefficient (Wildman–Crippen LogP) is 6.27. The predicted molar refractivity (Wildman–Crippen MR) is 187 cm³/mol. The number of rotatable bonds is 10. The van der Waals surface area contributed by atoms with Gasteiger partial charge in [-0.1, -0.05) is 25.1 Å². The summed E-state index contributed by atoms with van der Waals surface area (Å²) in [5, 5.41) is 14.0. The highest BCUT2D eigenvalue weighted by atomic mass is 19.1. The summed E-state index contributed by atoms with van der Waals surface area (Å²) in [6, 6.07) is 6.02. The standard InChI is InChI=1S/C38H55FN4O7/c1-7-38(35(40)47)27(22-16-18-25(49-6)19-17-22)20-30(31-26-10-8-9-11-29(26)42(5)32(31)34(45)46)43(38)33(44)24-14-12-23(13-15-24)28(21-39)41-36(48)50-37(2,3)4/h8-11,22-25,27-28,30H,7,12-21H2,1-6H3,(H2,40,47)(H,41,48)(H,45,46)/t22?,23?,24?,25?,27-,28?,30?,38-/m0/s1. The smallest absolute Gasteiger partial charge is 0.407 e. The lowest BCUT2D eigenvalue weighted by molar-refractivity contribution is -0.153. The maximum absolute atomic E-state index is 15.1. The molecule has 276 valence electrons. The minimum absolute atomic E-state index is 0.0925. The molecule has 4 N–H and O–H groups in total. The Hall–Kier alpha value is -3.67. The number of hydrogen-bond donors (Lipinski definition) is 3. The number of primary amides is 1. The van der Waals surface area contributed by atoms with Gasteiger partial charge in [0.1, 0.15) is 23.5 Å². The van der Waals surface area contributed by atoms with E-state index in [4.69, 9.17) is 15.2 Å². The van der Waals surface area contributed by atoms with Gasteiger partial charge in [-0.2, -0.15) is 0 Å². The van der Waals surface area contributed by atoms with Gasteiger partial charge < -0.3 is 35.1 Å². The summed E-state index contributed by atoms with van der Waals surface area (Å²) in [4.78, 5) is 56.2. The minimum atomic E-state index is -1.32. The Morgan fingerprint density at radius 2 is 1.70 bits per heavy atom. The molecule has 1 aromatic heterocycles. The molecule has 4 atom stereocenters. The Labute approximate surface area is 294 Å². The number of carboxylic acids is 1. The molecule has 50 heavy (non-hydrogen) atoms. The molecule has 2 aliphatic carbocycles. The second kappa shape index (κ2) is 14.9. The van der Waals surface area contributed by atoms with Crippen LogP contribution in [-0.4, -0.2) is 75.5 Å². The number of carboxylic acid groups (broad SMARTS) is 1. The third-order valence-corrected chi connectivity index (χ3v) is 11.9. The molecule has 3 aliphatic rings. The largest absolute Gasteiger partial charge is 0.477 e. The maximum atomic E-state index is 15.1. The van der Waals surface area contributed by atoms with Crippen LogP contribution in [0.4, 0.5) is 9.18 Å². The second-order valence-corrected chi connectivity index (χ2v) is 15.6. The van der Waals surface area contributed by atoms with Gasteiger partial charge in [0.15, 0.2) is 0 Å². The van der Waals surface area contributed by atoms with Crippen LogP contribution in [0.3, 0.4) is 0 Å². The summed E-state index contributed by atoms with van der Waals surface area (Å²) in [5.41, 5.74) is 5.71. The van der Waals surface area contributed by atoms with Crippen molar-refractivity contribution in [1.82, 2.24) is 14.8 Å². The number of carbonyl (C=O) groups excluding carboxylic acids is 3. The summed E-state index contributed by atoms with van der Waals surface area (Å²) in [7, 11) is 3.43. The van der Waals surface area contributed by atoms with E-state index in [9.17, 15) is 23.9 Å². The van der Waals surface area contributed by atoms with E-state index in [1.807, 2.05) is 31.2 Å². The van der Waals surface area contributed by atoms with E-state index in [0.29, 0.717) is 44.1 Å². The fourth-order valence-electron chi connectivity index (χ4n) is 9.54. The van der Waals surface area contributed by atoms with Crippen LogP contribution in [-0.2, 0) is 26.1 Å². The molecular weight excluding hydrogens is 643 g/mol. The number of ether oxygens (including phenoxy) is 2. The first-order chi connectivity index (χ1) is 23.7. The monoisotopic (exact) mass is 698 g/mol. The summed E-state index contributed by atoms with van der Waals surface area (Å²) in [6.45, 7) is 6.37. The van der Waals surface area contributed by atoms with Gasteiger partial charge >= 0.3 is 12.1 Å². The van der Waals surface area contributed by atoms with Crippen molar-refractivity contribution in [3.63, 3.8) is 0 Å². The summed E-state index contributed by atoms with van der Waals surface area (Å²) in [5.74, 6) is -2.75. The van der Waals surface area contributed by atoms with Crippen molar-refractivity contribution in [2.45, 2.75) is 121 Å². The van der Waals surface area contributed by atoms with Gasteiger partial charge in [0, 0.05) is 36.5 Å². The highest BCUT2D eigenvalue weighted by molar-refractivity contribution is 6.00. The normalized spacial score (nSPS) is 29.5. The molecule has 3 amide bonds. The van der Waals surface area contributed by atoms with Crippen LogP contribution in [0.5, 0.6) is 0 Å². The number of para-hydroxylation sites is 1. The number of nitrogens with two attached hydrogens (primary N) is 1. The molecule has 0 spiro atoms. The number of fused-ring (bicyclic) bond motifs is 1. The molecule has 2 heterocycles. The highest BCUT2D eigenvalue weighted by Gasteiger charge is 2.62. The molecule has 12 heteroatoms. The maximum Gasteiger partial charge on any atom is 0.407 e. The number of alkyl carbamates (subject to hydrolysis) is 1. The van der Waals surface area contributed by atoms with E-state index in [1.165, 1.54) is 0 Å². The number of halogens is 1. The zero-order chi connectivity index (χ0) is 36.5. The number of amides is 3. The van der Waals surface area contributed by atoms with Gasteiger partial charge in [-0.25, -0.2) is 14.0 Å². The zero-order valence-corrected chi connectivity index (χ0v) is 30.4. The fourth-order valence-corrected chi connectivity index (χ4v) is 9.54. The SMILES string of the molecule is CC[C@@]1(C(N)=O)[C@H](C2CCC(OC)CC2)CC(c2c(C(=O)O)n(C)c3ccccc23)N1C(=O)C1CCC(C(CF)NC(=O)OC(C)(C)C)CC1. The third-order valence-electron chi connectivity index (χ3n) is 11.9. The number of likely N-dealkylation sites (tertiary alicyclic amines) is 1. The quantitative estimate of drug-likeness (QED) is 0.264. The van der Waals surface area contributed by atoms with E-state index in [1.54, 1.807) is 44.4 Å².